The lowest BCUT2D eigenvalue weighted by molar-refractivity contribution is 0.151. The molecule has 1 N–H and O–H groups in total. The minimum Gasteiger partial charge on any atom is -0.393 e. The van der Waals surface area contributed by atoms with E-state index in [-0.39, 0.29) is 5.92 Å². The summed E-state index contributed by atoms with van der Waals surface area (Å²) < 4.78 is 5.22. The lowest BCUT2D eigenvalue weighted by Crippen LogP contribution is -2.25. The van der Waals surface area contributed by atoms with E-state index in [1.165, 1.54) is 25.7 Å². The number of hydrogen-bond donors (Lipinski definition) is 1. The van der Waals surface area contributed by atoms with Crippen molar-refractivity contribution in [2.75, 3.05) is 18.0 Å². The Bertz CT molecular complexity index is 343. The lowest BCUT2D eigenvalue weighted by Gasteiger charge is -2.16. The average Bonchev–Trinajstić information content (AvgIpc) is 2.64. The fraction of sp³-hybridized carbons (Fsp3) is 0.833. The molecule has 2 unspecified atom stereocenters. The van der Waals surface area contributed by atoms with Crippen LogP contribution in [0, 0.1) is 0 Å². The maximum atomic E-state index is 9.50. The van der Waals surface area contributed by atoms with Crippen molar-refractivity contribution in [2.24, 2.45) is 0 Å². The summed E-state index contributed by atoms with van der Waals surface area (Å²) in [5.74, 6) is 1.09. The average molecular weight is 239 g/mol. The van der Waals surface area contributed by atoms with Crippen molar-refractivity contribution in [1.82, 2.24) is 10.1 Å². The van der Waals surface area contributed by atoms with Crippen molar-refractivity contribution in [1.29, 1.82) is 0 Å². The molecule has 17 heavy (non-hydrogen) atoms. The van der Waals surface area contributed by atoms with Crippen LogP contribution in [0.3, 0.4) is 0 Å². The molecule has 0 amide bonds. The van der Waals surface area contributed by atoms with E-state index in [1.807, 2.05) is 6.92 Å². The van der Waals surface area contributed by atoms with Crippen LogP contribution in [0.25, 0.3) is 0 Å². The zero-order chi connectivity index (χ0) is 12.3. The smallest absolute Gasteiger partial charge is 0.266 e. The van der Waals surface area contributed by atoms with Gasteiger partial charge in [-0.3, -0.25) is 0 Å². The van der Waals surface area contributed by atoms with E-state index >= 15 is 0 Å². The first-order valence-corrected chi connectivity index (χ1v) is 6.45. The Balaban J connectivity index is 2.06. The normalized spacial score (nSPS) is 21.0. The molecule has 2 atom stereocenters. The highest BCUT2D eigenvalue weighted by molar-refractivity contribution is 5.28. The van der Waals surface area contributed by atoms with Gasteiger partial charge in [0.25, 0.3) is 5.95 Å². The molecule has 2 rings (SSSR count). The van der Waals surface area contributed by atoms with E-state index in [2.05, 4.69) is 15.0 Å². The van der Waals surface area contributed by atoms with Crippen LogP contribution in [0.4, 0.5) is 5.95 Å². The van der Waals surface area contributed by atoms with Crippen LogP contribution in [-0.4, -0.2) is 34.4 Å². The van der Waals surface area contributed by atoms with Crippen molar-refractivity contribution >= 4 is 5.95 Å². The van der Waals surface area contributed by atoms with E-state index < -0.39 is 6.10 Å². The summed E-state index contributed by atoms with van der Waals surface area (Å²) in [7, 11) is 0. The highest BCUT2D eigenvalue weighted by Crippen LogP contribution is 2.21. The second kappa shape index (κ2) is 5.49. The molecule has 1 aromatic rings. The van der Waals surface area contributed by atoms with Crippen LogP contribution < -0.4 is 4.90 Å². The Labute approximate surface area is 102 Å². The molecule has 1 aliphatic rings. The molecule has 0 radical (unpaired) electrons. The monoisotopic (exact) mass is 239 g/mol. The molecule has 5 heteroatoms. The predicted molar refractivity (Wildman–Crippen MR) is 65.1 cm³/mol. The van der Waals surface area contributed by atoms with Crippen LogP contribution in [-0.2, 0) is 0 Å². The SMILES string of the molecule is CC(O)C(C)c1nc(N2CCCCCC2)no1. The Morgan fingerprint density at radius 1 is 1.18 bits per heavy atom. The summed E-state index contributed by atoms with van der Waals surface area (Å²) in [4.78, 5) is 6.56. The van der Waals surface area contributed by atoms with E-state index in [9.17, 15) is 5.11 Å². The van der Waals surface area contributed by atoms with Crippen LogP contribution in [0.15, 0.2) is 4.52 Å². The molecule has 0 saturated carbocycles. The number of hydrogen-bond acceptors (Lipinski definition) is 5. The second-order valence-corrected chi connectivity index (χ2v) is 4.86. The molecular formula is C12H21N3O2. The summed E-state index contributed by atoms with van der Waals surface area (Å²) in [5.41, 5.74) is 0. The first kappa shape index (κ1) is 12.4. The van der Waals surface area contributed by atoms with E-state index in [4.69, 9.17) is 4.52 Å². The fourth-order valence-electron chi connectivity index (χ4n) is 2.02. The zero-order valence-corrected chi connectivity index (χ0v) is 10.6. The van der Waals surface area contributed by atoms with Crippen LogP contribution in [0.2, 0.25) is 0 Å². The Kier molecular flexibility index (Phi) is 3.99. The number of anilines is 1. The number of aliphatic hydroxyl groups is 1. The summed E-state index contributed by atoms with van der Waals surface area (Å²) >= 11 is 0. The van der Waals surface area contributed by atoms with Gasteiger partial charge in [-0.25, -0.2) is 0 Å². The van der Waals surface area contributed by atoms with E-state index in [0.29, 0.717) is 11.8 Å². The zero-order valence-electron chi connectivity index (χ0n) is 10.6. The van der Waals surface area contributed by atoms with Gasteiger partial charge < -0.3 is 14.5 Å². The topological polar surface area (TPSA) is 62.4 Å². The summed E-state index contributed by atoms with van der Waals surface area (Å²) in [6, 6.07) is 0. The van der Waals surface area contributed by atoms with Crippen LogP contribution in [0.1, 0.15) is 51.3 Å². The van der Waals surface area contributed by atoms with Crippen molar-refractivity contribution in [3.05, 3.63) is 5.89 Å². The second-order valence-electron chi connectivity index (χ2n) is 4.86. The molecule has 1 aliphatic heterocycles. The van der Waals surface area contributed by atoms with Gasteiger partial charge in [-0.1, -0.05) is 19.8 Å². The Morgan fingerprint density at radius 3 is 2.41 bits per heavy atom. The van der Waals surface area contributed by atoms with Crippen molar-refractivity contribution < 1.29 is 9.63 Å². The molecule has 1 aromatic heterocycles. The van der Waals surface area contributed by atoms with Gasteiger partial charge in [0, 0.05) is 13.1 Å². The largest absolute Gasteiger partial charge is 0.393 e. The molecule has 1 fully saturated rings. The molecular weight excluding hydrogens is 218 g/mol. The summed E-state index contributed by atoms with van der Waals surface area (Å²) in [5, 5.41) is 13.5. The number of aliphatic hydroxyl groups excluding tert-OH is 1. The molecule has 2 heterocycles. The molecule has 0 aliphatic carbocycles. The minimum absolute atomic E-state index is 0.108. The number of nitrogens with zero attached hydrogens (tertiary/aromatic N) is 3. The molecule has 0 spiro atoms. The third kappa shape index (κ3) is 2.97. The van der Waals surface area contributed by atoms with Gasteiger partial charge in [0.1, 0.15) is 0 Å². The fourth-order valence-corrected chi connectivity index (χ4v) is 2.02. The van der Waals surface area contributed by atoms with Crippen LogP contribution in [0.5, 0.6) is 0 Å². The molecule has 0 aromatic carbocycles. The Hall–Kier alpha value is -1.10. The molecule has 0 bridgehead atoms. The van der Waals surface area contributed by atoms with Crippen molar-refractivity contribution in [3.8, 4) is 0 Å². The third-order valence-corrected chi connectivity index (χ3v) is 3.43. The van der Waals surface area contributed by atoms with Gasteiger partial charge in [-0.05, 0) is 24.9 Å². The summed E-state index contributed by atoms with van der Waals surface area (Å²) in [6.07, 6.45) is 4.48. The lowest BCUT2D eigenvalue weighted by atomic mass is 10.1. The van der Waals surface area contributed by atoms with E-state index in [0.717, 1.165) is 13.1 Å². The van der Waals surface area contributed by atoms with E-state index in [1.54, 1.807) is 6.92 Å². The molecule has 96 valence electrons. The van der Waals surface area contributed by atoms with Gasteiger partial charge in [0.15, 0.2) is 0 Å². The predicted octanol–water partition coefficient (Wildman–Crippen LogP) is 1.93. The minimum atomic E-state index is -0.465. The third-order valence-electron chi connectivity index (χ3n) is 3.43. The highest BCUT2D eigenvalue weighted by atomic mass is 16.5. The first-order valence-electron chi connectivity index (χ1n) is 6.45. The highest BCUT2D eigenvalue weighted by Gasteiger charge is 2.21. The molecule has 5 nitrogen and oxygen atoms in total. The van der Waals surface area contributed by atoms with Crippen molar-refractivity contribution in [3.63, 3.8) is 0 Å². The Morgan fingerprint density at radius 2 is 1.82 bits per heavy atom. The van der Waals surface area contributed by atoms with Crippen molar-refractivity contribution in [2.45, 2.75) is 51.6 Å². The number of rotatable bonds is 3. The maximum Gasteiger partial charge on any atom is 0.266 e. The van der Waals surface area contributed by atoms with Gasteiger partial charge in [0.05, 0.1) is 12.0 Å². The van der Waals surface area contributed by atoms with Gasteiger partial charge in [-0.2, -0.15) is 4.98 Å². The van der Waals surface area contributed by atoms with Crippen LogP contribution >= 0.6 is 0 Å². The quantitative estimate of drug-likeness (QED) is 0.873. The number of aromatic nitrogens is 2. The van der Waals surface area contributed by atoms with Gasteiger partial charge in [-0.15, -0.1) is 0 Å². The first-order chi connectivity index (χ1) is 8.18. The van der Waals surface area contributed by atoms with Gasteiger partial charge >= 0.3 is 0 Å². The van der Waals surface area contributed by atoms with Gasteiger partial charge in [0.2, 0.25) is 5.89 Å². The standard InChI is InChI=1S/C12H21N3O2/c1-9(10(2)16)11-13-12(14-17-11)15-7-5-3-4-6-8-15/h9-10,16H,3-8H2,1-2H3. The molecule has 1 saturated heterocycles. The maximum absolute atomic E-state index is 9.50. The summed E-state index contributed by atoms with van der Waals surface area (Å²) in [6.45, 7) is 5.63.